The molecule has 1 aliphatic heterocycles. The summed E-state index contributed by atoms with van der Waals surface area (Å²) in [6.45, 7) is 0.206. The lowest BCUT2D eigenvalue weighted by molar-refractivity contribution is -0.118. The fourth-order valence-electron chi connectivity index (χ4n) is 2.85. The van der Waals surface area contributed by atoms with Crippen molar-refractivity contribution < 1.29 is 14.3 Å². The average Bonchev–Trinajstić information content (AvgIpc) is 3.19. The van der Waals surface area contributed by atoms with E-state index < -0.39 is 5.91 Å². The predicted molar refractivity (Wildman–Crippen MR) is 103 cm³/mol. The maximum atomic E-state index is 12.6. The minimum atomic E-state index is -0.415. The number of carbonyl (C=O) groups excluding carboxylic acids is 2. The van der Waals surface area contributed by atoms with Crippen LogP contribution in [-0.2, 0) is 11.3 Å². The summed E-state index contributed by atoms with van der Waals surface area (Å²) in [7, 11) is 0. The third-order valence-corrected chi connectivity index (χ3v) is 4.17. The highest BCUT2D eigenvalue weighted by atomic mass is 16.5. The minimum absolute atomic E-state index is 0.0136. The average molecular weight is 395 g/mol. The van der Waals surface area contributed by atoms with E-state index in [1.165, 1.54) is 16.8 Å². The Morgan fingerprint density at radius 1 is 1.34 bits per heavy atom. The molecule has 0 bridgehead atoms. The zero-order chi connectivity index (χ0) is 20.4. The van der Waals surface area contributed by atoms with Crippen molar-refractivity contribution >= 4 is 29.0 Å². The summed E-state index contributed by atoms with van der Waals surface area (Å²) >= 11 is 0. The van der Waals surface area contributed by atoms with E-state index in [9.17, 15) is 9.59 Å². The van der Waals surface area contributed by atoms with Crippen molar-refractivity contribution in [3.8, 4) is 5.75 Å². The molecule has 12 nitrogen and oxygen atoms in total. The Morgan fingerprint density at radius 2 is 2.21 bits per heavy atom. The fourth-order valence-corrected chi connectivity index (χ4v) is 2.85. The Labute approximate surface area is 163 Å². The monoisotopic (exact) mass is 395 g/mol. The Morgan fingerprint density at radius 3 is 3.03 bits per heavy atom. The van der Waals surface area contributed by atoms with E-state index in [4.69, 9.17) is 16.3 Å². The van der Waals surface area contributed by atoms with E-state index in [1.807, 2.05) is 0 Å². The van der Waals surface area contributed by atoms with Gasteiger partial charge in [-0.3, -0.25) is 9.59 Å². The van der Waals surface area contributed by atoms with Gasteiger partial charge in [-0.05, 0) is 23.8 Å². The van der Waals surface area contributed by atoms with Gasteiger partial charge in [-0.25, -0.2) is 20.9 Å². The van der Waals surface area contributed by atoms with E-state index in [-0.39, 0.29) is 30.6 Å². The number of amidine groups is 1. The lowest BCUT2D eigenvalue weighted by Gasteiger charge is -2.18. The van der Waals surface area contributed by atoms with Gasteiger partial charge in [-0.1, -0.05) is 6.07 Å². The van der Waals surface area contributed by atoms with Crippen LogP contribution in [0.5, 0.6) is 5.75 Å². The van der Waals surface area contributed by atoms with Crippen molar-refractivity contribution in [2.75, 3.05) is 11.9 Å². The third-order valence-electron chi connectivity index (χ3n) is 4.17. The molecular weight excluding hydrogens is 378 g/mol. The van der Waals surface area contributed by atoms with Crippen LogP contribution in [0.4, 0.5) is 5.69 Å². The summed E-state index contributed by atoms with van der Waals surface area (Å²) in [6, 6.07) is 8.38. The number of nitrogens with two attached hydrogens (primary N) is 2. The Kier molecular flexibility index (Phi) is 4.66. The first-order chi connectivity index (χ1) is 14.0. The Bertz CT molecular complexity index is 1140. The second kappa shape index (κ2) is 7.44. The van der Waals surface area contributed by atoms with Gasteiger partial charge < -0.3 is 21.1 Å². The number of anilines is 1. The fraction of sp³-hybridized carbons (Fsp3) is 0.118. The van der Waals surface area contributed by atoms with E-state index in [1.54, 1.807) is 24.3 Å². The van der Waals surface area contributed by atoms with Gasteiger partial charge in [0.15, 0.2) is 18.1 Å². The van der Waals surface area contributed by atoms with E-state index in [0.717, 1.165) is 5.56 Å². The zero-order valence-corrected chi connectivity index (χ0v) is 15.0. The van der Waals surface area contributed by atoms with Crippen molar-refractivity contribution in [2.45, 2.75) is 6.54 Å². The van der Waals surface area contributed by atoms with Crippen LogP contribution >= 0.6 is 0 Å². The van der Waals surface area contributed by atoms with E-state index in [0.29, 0.717) is 22.8 Å². The number of rotatable bonds is 5. The van der Waals surface area contributed by atoms with Crippen LogP contribution in [0.1, 0.15) is 21.7 Å². The molecule has 7 N–H and O–H groups in total. The standard InChI is InChI=1S/C17H17N9O3/c18-16(24-25-19)12-6-11(22-14-3-4-21-26(12)14)17(28)20-7-9-1-2-13-10(5-9)23-15(27)8-29-13/h1-6,25H,7-8,19H2,(H2,18,24)(H,20,28)(H,23,27). The van der Waals surface area contributed by atoms with Gasteiger partial charge in [0.2, 0.25) is 0 Å². The molecule has 0 atom stereocenters. The van der Waals surface area contributed by atoms with Crippen molar-refractivity contribution in [2.24, 2.45) is 16.7 Å². The van der Waals surface area contributed by atoms with Crippen molar-refractivity contribution in [3.63, 3.8) is 0 Å². The van der Waals surface area contributed by atoms with Crippen molar-refractivity contribution in [3.05, 3.63) is 53.5 Å². The van der Waals surface area contributed by atoms with E-state index in [2.05, 4.69) is 31.4 Å². The van der Waals surface area contributed by atoms with Crippen LogP contribution in [0.3, 0.4) is 0 Å². The molecule has 0 saturated heterocycles. The normalized spacial score (nSPS) is 13.4. The lowest BCUT2D eigenvalue weighted by Crippen LogP contribution is -2.28. The number of hydrogen-bond donors (Lipinski definition) is 5. The smallest absolute Gasteiger partial charge is 0.270 e. The molecule has 29 heavy (non-hydrogen) atoms. The summed E-state index contributed by atoms with van der Waals surface area (Å²) in [4.78, 5) is 28.4. The number of hydrazone groups is 1. The van der Waals surface area contributed by atoms with Crippen molar-refractivity contribution in [1.29, 1.82) is 0 Å². The third kappa shape index (κ3) is 3.64. The molecular formula is C17H17N9O3. The van der Waals surface area contributed by atoms with Gasteiger partial charge in [0.05, 0.1) is 11.9 Å². The summed E-state index contributed by atoms with van der Waals surface area (Å²) in [5, 5.41) is 13.3. The van der Waals surface area contributed by atoms with Gasteiger partial charge in [-0.15, -0.1) is 5.10 Å². The van der Waals surface area contributed by atoms with Gasteiger partial charge in [0, 0.05) is 12.6 Å². The quantitative estimate of drug-likeness (QED) is 0.159. The molecule has 1 aromatic carbocycles. The molecule has 4 rings (SSSR count). The molecule has 0 fully saturated rings. The summed E-state index contributed by atoms with van der Waals surface area (Å²) < 4.78 is 6.76. The largest absolute Gasteiger partial charge is 0.482 e. The number of nitrogens with zero attached hydrogens (tertiary/aromatic N) is 4. The van der Waals surface area contributed by atoms with Gasteiger partial charge in [-0.2, -0.15) is 5.10 Å². The molecule has 0 aliphatic carbocycles. The molecule has 12 heteroatoms. The number of aromatic nitrogens is 3. The number of hydrogen-bond acceptors (Lipinski definition) is 8. The van der Waals surface area contributed by atoms with Crippen LogP contribution in [-0.4, -0.2) is 38.9 Å². The Hall–Kier alpha value is -4.19. The SMILES string of the molecule is NN/N=C(\N)c1cc(C(=O)NCc2ccc3c(c2)NC(=O)CO3)nc2ccnn12. The predicted octanol–water partition coefficient (Wildman–Crippen LogP) is -0.926. The van der Waals surface area contributed by atoms with Crippen LogP contribution in [0.2, 0.25) is 0 Å². The highest BCUT2D eigenvalue weighted by Crippen LogP contribution is 2.28. The first kappa shape index (κ1) is 18.2. The second-order valence-electron chi connectivity index (χ2n) is 6.10. The van der Waals surface area contributed by atoms with Crippen LogP contribution in [0, 0.1) is 0 Å². The molecule has 0 saturated carbocycles. The number of fused-ring (bicyclic) bond motifs is 2. The van der Waals surface area contributed by atoms with Crippen LogP contribution < -0.4 is 32.5 Å². The number of benzene rings is 1. The van der Waals surface area contributed by atoms with Gasteiger partial charge in [0.25, 0.3) is 11.8 Å². The zero-order valence-electron chi connectivity index (χ0n) is 15.0. The molecule has 2 amide bonds. The summed E-state index contributed by atoms with van der Waals surface area (Å²) in [6.07, 6.45) is 1.53. The maximum Gasteiger partial charge on any atom is 0.270 e. The molecule has 0 radical (unpaired) electrons. The molecule has 0 unspecified atom stereocenters. The molecule has 3 heterocycles. The number of hydrazine groups is 1. The minimum Gasteiger partial charge on any atom is -0.482 e. The molecule has 0 spiro atoms. The highest BCUT2D eigenvalue weighted by molar-refractivity contribution is 6.00. The summed E-state index contributed by atoms with van der Waals surface area (Å²) in [5.74, 6) is 5.16. The molecule has 3 aromatic rings. The van der Waals surface area contributed by atoms with Gasteiger partial charge in [0.1, 0.15) is 17.1 Å². The molecule has 148 valence electrons. The first-order valence-corrected chi connectivity index (χ1v) is 8.53. The van der Waals surface area contributed by atoms with Crippen molar-refractivity contribution in [1.82, 2.24) is 25.4 Å². The topological polar surface area (TPSA) is 174 Å². The first-order valence-electron chi connectivity index (χ1n) is 8.53. The molecule has 2 aromatic heterocycles. The summed E-state index contributed by atoms with van der Waals surface area (Å²) in [5.41, 5.74) is 10.3. The van der Waals surface area contributed by atoms with Gasteiger partial charge >= 0.3 is 0 Å². The molecule has 1 aliphatic rings. The highest BCUT2D eigenvalue weighted by Gasteiger charge is 2.17. The Balaban J connectivity index is 1.55. The number of amides is 2. The van der Waals surface area contributed by atoms with E-state index >= 15 is 0 Å². The van der Waals surface area contributed by atoms with Crippen LogP contribution in [0.15, 0.2) is 41.6 Å². The maximum absolute atomic E-state index is 12.6. The second-order valence-corrected chi connectivity index (χ2v) is 6.10. The van der Waals surface area contributed by atoms with Crippen LogP contribution in [0.25, 0.3) is 5.65 Å². The lowest BCUT2D eigenvalue weighted by atomic mass is 10.1. The number of nitrogens with one attached hydrogen (secondary N) is 3. The number of ether oxygens (including phenoxy) is 1. The number of carbonyl (C=O) groups is 2.